The maximum absolute atomic E-state index is 6.06. The summed E-state index contributed by atoms with van der Waals surface area (Å²) in [6.45, 7) is 4.16. The predicted molar refractivity (Wildman–Crippen MR) is 88.3 cm³/mol. The molecule has 0 saturated heterocycles. The molecule has 0 aliphatic carbocycles. The summed E-state index contributed by atoms with van der Waals surface area (Å²) in [7, 11) is 0. The molecule has 2 N–H and O–H groups in total. The number of fused-ring (bicyclic) bond motifs is 1. The van der Waals surface area contributed by atoms with Crippen molar-refractivity contribution in [3.05, 3.63) is 59.7 Å². The van der Waals surface area contributed by atoms with Crippen LogP contribution in [-0.2, 0) is 0 Å². The van der Waals surface area contributed by atoms with E-state index < -0.39 is 0 Å². The van der Waals surface area contributed by atoms with Gasteiger partial charge in [0.15, 0.2) is 0 Å². The first kappa shape index (κ1) is 14.4. The molecule has 0 saturated carbocycles. The molecule has 0 spiro atoms. The van der Waals surface area contributed by atoms with Crippen molar-refractivity contribution in [3.8, 4) is 11.3 Å². The number of aromatic nitrogens is 1. The van der Waals surface area contributed by atoms with Crippen LogP contribution in [0.3, 0.4) is 0 Å². The summed E-state index contributed by atoms with van der Waals surface area (Å²) in [6, 6.07) is 16.7. The number of hydrogen-bond acceptors (Lipinski definition) is 2. The zero-order chi connectivity index (χ0) is 13.4. The highest BCUT2D eigenvalue weighted by atomic mass is 35.5. The molecule has 3 rings (SSSR count). The summed E-state index contributed by atoms with van der Waals surface area (Å²) in [6.07, 6.45) is 0. The van der Waals surface area contributed by atoms with E-state index in [1.807, 2.05) is 6.07 Å². The first-order valence-electron chi connectivity index (χ1n) is 6.37. The number of hydrogen-bond donors (Lipinski definition) is 1. The maximum atomic E-state index is 6.06. The maximum Gasteiger partial charge on any atom is 0.131 e. The van der Waals surface area contributed by atoms with Gasteiger partial charge in [-0.3, -0.25) is 0 Å². The normalized spacial score (nSPS) is 10.3. The van der Waals surface area contributed by atoms with Crippen LogP contribution in [0, 0.1) is 13.8 Å². The molecule has 0 aliphatic rings. The number of nitrogens with two attached hydrogens (primary N) is 1. The Bertz CT molecular complexity index is 749. The van der Waals surface area contributed by atoms with Crippen molar-refractivity contribution >= 4 is 29.0 Å². The summed E-state index contributed by atoms with van der Waals surface area (Å²) in [5, 5.41) is 2.16. The number of rotatable bonds is 1. The molecule has 0 radical (unpaired) electrons. The van der Waals surface area contributed by atoms with E-state index in [2.05, 4.69) is 61.3 Å². The van der Waals surface area contributed by atoms with Crippen LogP contribution < -0.4 is 5.73 Å². The van der Waals surface area contributed by atoms with Crippen LogP contribution in [0.15, 0.2) is 48.5 Å². The fourth-order valence-electron chi connectivity index (χ4n) is 2.28. The van der Waals surface area contributed by atoms with Crippen molar-refractivity contribution < 1.29 is 0 Å². The van der Waals surface area contributed by atoms with Gasteiger partial charge in [0.05, 0.1) is 5.69 Å². The molecule has 1 aromatic heterocycles. The van der Waals surface area contributed by atoms with Gasteiger partial charge in [0.25, 0.3) is 0 Å². The van der Waals surface area contributed by atoms with E-state index in [4.69, 9.17) is 5.73 Å². The van der Waals surface area contributed by atoms with Crippen LogP contribution in [0.4, 0.5) is 5.82 Å². The minimum absolute atomic E-state index is 0. The molecular weight excluding hydrogens is 268 g/mol. The molecule has 20 heavy (non-hydrogen) atoms. The quantitative estimate of drug-likeness (QED) is 0.713. The molecular formula is C17H17ClN2. The van der Waals surface area contributed by atoms with Gasteiger partial charge in [0.2, 0.25) is 0 Å². The smallest absolute Gasteiger partial charge is 0.131 e. The summed E-state index contributed by atoms with van der Waals surface area (Å²) < 4.78 is 0. The highest BCUT2D eigenvalue weighted by Crippen LogP contribution is 2.27. The second-order valence-electron chi connectivity index (χ2n) is 4.98. The monoisotopic (exact) mass is 284 g/mol. The Kier molecular flexibility index (Phi) is 3.96. The molecule has 0 bridgehead atoms. The van der Waals surface area contributed by atoms with Gasteiger partial charge in [0.1, 0.15) is 5.82 Å². The van der Waals surface area contributed by atoms with Crippen molar-refractivity contribution in [3.63, 3.8) is 0 Å². The van der Waals surface area contributed by atoms with E-state index in [1.54, 1.807) is 0 Å². The Labute approximate surface area is 125 Å². The average molecular weight is 285 g/mol. The minimum atomic E-state index is 0. The van der Waals surface area contributed by atoms with Crippen LogP contribution in [0.1, 0.15) is 11.1 Å². The molecule has 0 amide bonds. The number of nitrogens with zero attached hydrogens (tertiary/aromatic N) is 1. The molecule has 0 atom stereocenters. The van der Waals surface area contributed by atoms with Gasteiger partial charge in [-0.15, -0.1) is 12.4 Å². The lowest BCUT2D eigenvalue weighted by molar-refractivity contribution is 1.35. The topological polar surface area (TPSA) is 38.9 Å². The molecule has 0 fully saturated rings. The van der Waals surface area contributed by atoms with Crippen molar-refractivity contribution in [1.82, 2.24) is 4.98 Å². The minimum Gasteiger partial charge on any atom is -0.383 e. The lowest BCUT2D eigenvalue weighted by Gasteiger charge is -2.07. The van der Waals surface area contributed by atoms with E-state index in [1.165, 1.54) is 11.1 Å². The zero-order valence-corrected chi connectivity index (χ0v) is 12.4. The zero-order valence-electron chi connectivity index (χ0n) is 11.6. The lowest BCUT2D eigenvalue weighted by atomic mass is 10.0. The van der Waals surface area contributed by atoms with E-state index >= 15 is 0 Å². The van der Waals surface area contributed by atoms with Crippen LogP contribution in [0.2, 0.25) is 0 Å². The van der Waals surface area contributed by atoms with Crippen LogP contribution in [0.5, 0.6) is 0 Å². The number of benzene rings is 2. The average Bonchev–Trinajstić information content (AvgIpc) is 2.38. The summed E-state index contributed by atoms with van der Waals surface area (Å²) in [5.74, 6) is 0.591. The van der Waals surface area contributed by atoms with Gasteiger partial charge in [-0.25, -0.2) is 4.98 Å². The lowest BCUT2D eigenvalue weighted by Crippen LogP contribution is -1.94. The molecule has 2 nitrogen and oxygen atoms in total. The highest BCUT2D eigenvalue weighted by Gasteiger charge is 2.05. The summed E-state index contributed by atoms with van der Waals surface area (Å²) in [4.78, 5) is 4.51. The fraction of sp³-hybridized carbons (Fsp3) is 0.118. The van der Waals surface area contributed by atoms with Gasteiger partial charge in [0, 0.05) is 10.9 Å². The first-order valence-corrected chi connectivity index (χ1v) is 6.37. The number of nitrogen functional groups attached to an aromatic ring is 1. The third kappa shape index (κ3) is 2.61. The van der Waals surface area contributed by atoms with Crippen molar-refractivity contribution in [2.75, 3.05) is 5.73 Å². The second kappa shape index (κ2) is 5.51. The number of aryl methyl sites for hydroxylation is 2. The number of pyridine rings is 1. The van der Waals surface area contributed by atoms with Gasteiger partial charge >= 0.3 is 0 Å². The van der Waals surface area contributed by atoms with Crippen LogP contribution in [0.25, 0.3) is 22.0 Å². The molecule has 1 heterocycles. The Morgan fingerprint density at radius 3 is 2.20 bits per heavy atom. The number of anilines is 1. The Hall–Kier alpha value is -2.06. The van der Waals surface area contributed by atoms with Gasteiger partial charge < -0.3 is 5.73 Å². The summed E-state index contributed by atoms with van der Waals surface area (Å²) in [5.41, 5.74) is 10.6. The number of halogens is 1. The van der Waals surface area contributed by atoms with E-state index in [9.17, 15) is 0 Å². The first-order chi connectivity index (χ1) is 9.13. The largest absolute Gasteiger partial charge is 0.383 e. The van der Waals surface area contributed by atoms with Gasteiger partial charge in [-0.05, 0) is 25.3 Å². The Morgan fingerprint density at radius 2 is 1.50 bits per heavy atom. The third-order valence-corrected chi connectivity index (χ3v) is 3.36. The SMILES string of the molecule is Cc1ccc(-c2cc3cc(C)ccc3c(N)n2)cc1.Cl. The molecule has 2 aromatic carbocycles. The molecule has 3 aromatic rings. The van der Waals surface area contributed by atoms with Gasteiger partial charge in [-0.2, -0.15) is 0 Å². The van der Waals surface area contributed by atoms with Crippen molar-refractivity contribution in [1.29, 1.82) is 0 Å². The summed E-state index contributed by atoms with van der Waals surface area (Å²) >= 11 is 0. The Balaban J connectivity index is 0.00000147. The standard InChI is InChI=1S/C17H16N2.ClH/c1-11-3-6-13(7-4-11)16-10-14-9-12(2)5-8-15(14)17(18)19-16;/h3-10H,1-2H3,(H2,18,19);1H. The van der Waals surface area contributed by atoms with E-state index in [0.717, 1.165) is 22.0 Å². The fourth-order valence-corrected chi connectivity index (χ4v) is 2.28. The Morgan fingerprint density at radius 1 is 0.850 bits per heavy atom. The van der Waals surface area contributed by atoms with E-state index in [-0.39, 0.29) is 12.4 Å². The molecule has 3 heteroatoms. The molecule has 102 valence electrons. The highest BCUT2D eigenvalue weighted by molar-refractivity contribution is 5.94. The van der Waals surface area contributed by atoms with Crippen molar-refractivity contribution in [2.45, 2.75) is 13.8 Å². The van der Waals surface area contributed by atoms with Gasteiger partial charge in [-0.1, -0.05) is 53.6 Å². The predicted octanol–water partition coefficient (Wildman–Crippen LogP) is 4.52. The second-order valence-corrected chi connectivity index (χ2v) is 4.98. The van der Waals surface area contributed by atoms with Crippen LogP contribution >= 0.6 is 12.4 Å². The molecule has 0 unspecified atom stereocenters. The third-order valence-electron chi connectivity index (χ3n) is 3.36. The van der Waals surface area contributed by atoms with Crippen molar-refractivity contribution in [2.24, 2.45) is 0 Å². The van der Waals surface area contributed by atoms with Crippen LogP contribution in [-0.4, -0.2) is 4.98 Å². The van der Waals surface area contributed by atoms with E-state index in [0.29, 0.717) is 5.82 Å². The molecule has 0 aliphatic heterocycles.